The number of hydrogen-bond donors (Lipinski definition) is 1. The van der Waals surface area contributed by atoms with Gasteiger partial charge >= 0.3 is 0 Å². The molecule has 1 aromatic heterocycles. The van der Waals surface area contributed by atoms with E-state index in [4.69, 9.17) is 5.73 Å². The summed E-state index contributed by atoms with van der Waals surface area (Å²) in [5.41, 5.74) is 6.29. The maximum absolute atomic E-state index is 6.29. The Hall–Kier alpha value is -0.340. The van der Waals surface area contributed by atoms with E-state index in [0.29, 0.717) is 6.04 Å². The Labute approximate surface area is 96.7 Å². The third-order valence-corrected chi connectivity index (χ3v) is 4.68. The van der Waals surface area contributed by atoms with Crippen LogP contribution in [0, 0.1) is 11.8 Å². The lowest BCUT2D eigenvalue weighted by molar-refractivity contribution is 0.406. The molecule has 0 saturated heterocycles. The second-order valence-electron chi connectivity index (χ2n) is 4.79. The van der Waals surface area contributed by atoms with Crippen LogP contribution in [0.2, 0.25) is 0 Å². The molecule has 0 bridgehead atoms. The van der Waals surface area contributed by atoms with Crippen LogP contribution in [0.3, 0.4) is 0 Å². The molecule has 1 fully saturated rings. The molecule has 1 heterocycles. The Morgan fingerprint density at radius 1 is 1.53 bits per heavy atom. The number of rotatable bonds is 4. The summed E-state index contributed by atoms with van der Waals surface area (Å²) in [6, 6.07) is 4.72. The normalized spacial score (nSPS) is 28.1. The van der Waals surface area contributed by atoms with Crippen molar-refractivity contribution in [2.24, 2.45) is 17.6 Å². The minimum Gasteiger partial charge on any atom is -0.327 e. The van der Waals surface area contributed by atoms with Crippen LogP contribution in [-0.2, 0) is 6.42 Å². The van der Waals surface area contributed by atoms with E-state index in [-0.39, 0.29) is 0 Å². The van der Waals surface area contributed by atoms with Gasteiger partial charge in [0, 0.05) is 10.9 Å². The second-order valence-corrected chi connectivity index (χ2v) is 5.83. The maximum atomic E-state index is 6.29. The Bertz CT molecular complexity index is 281. The first-order chi connectivity index (χ1) is 7.29. The molecule has 0 aromatic carbocycles. The van der Waals surface area contributed by atoms with Crippen LogP contribution in [0.15, 0.2) is 17.5 Å². The number of nitrogens with two attached hydrogens (primary N) is 1. The van der Waals surface area contributed by atoms with E-state index in [1.54, 1.807) is 0 Å². The minimum absolute atomic E-state index is 0.389. The van der Waals surface area contributed by atoms with Crippen molar-refractivity contribution >= 4 is 11.3 Å². The van der Waals surface area contributed by atoms with Crippen LogP contribution >= 0.6 is 11.3 Å². The molecule has 0 spiro atoms. The van der Waals surface area contributed by atoms with Crippen molar-refractivity contribution < 1.29 is 0 Å². The average molecular weight is 223 g/mol. The van der Waals surface area contributed by atoms with Crippen molar-refractivity contribution in [2.45, 2.75) is 45.1 Å². The molecule has 2 heteroatoms. The topological polar surface area (TPSA) is 26.0 Å². The van der Waals surface area contributed by atoms with Crippen LogP contribution in [0.1, 0.15) is 37.5 Å². The van der Waals surface area contributed by atoms with Gasteiger partial charge in [0.1, 0.15) is 0 Å². The van der Waals surface area contributed by atoms with Crippen molar-refractivity contribution in [3.8, 4) is 0 Å². The highest BCUT2D eigenvalue weighted by atomic mass is 32.1. The van der Waals surface area contributed by atoms with Gasteiger partial charge in [-0.25, -0.2) is 0 Å². The van der Waals surface area contributed by atoms with Gasteiger partial charge < -0.3 is 5.73 Å². The van der Waals surface area contributed by atoms with Gasteiger partial charge in [0.15, 0.2) is 0 Å². The summed E-state index contributed by atoms with van der Waals surface area (Å²) in [6.07, 6.45) is 6.54. The van der Waals surface area contributed by atoms with Crippen molar-refractivity contribution in [1.82, 2.24) is 0 Å². The smallest absolute Gasteiger partial charge is 0.0116 e. The fourth-order valence-corrected chi connectivity index (χ4v) is 3.48. The zero-order valence-corrected chi connectivity index (χ0v) is 10.3. The maximum Gasteiger partial charge on any atom is 0.0116 e. The lowest BCUT2D eigenvalue weighted by atomic mass is 9.94. The Morgan fingerprint density at radius 3 is 3.00 bits per heavy atom. The SMILES string of the molecule is CCC1CCC(C(N)Cc2cccs2)C1. The van der Waals surface area contributed by atoms with Crippen LogP contribution < -0.4 is 5.73 Å². The first kappa shape index (κ1) is 11.2. The fourth-order valence-electron chi connectivity index (χ4n) is 2.70. The van der Waals surface area contributed by atoms with Gasteiger partial charge in [0.2, 0.25) is 0 Å². The van der Waals surface area contributed by atoms with Crippen molar-refractivity contribution in [3.63, 3.8) is 0 Å². The highest BCUT2D eigenvalue weighted by Crippen LogP contribution is 2.35. The summed E-state index contributed by atoms with van der Waals surface area (Å²) in [5.74, 6) is 1.72. The summed E-state index contributed by atoms with van der Waals surface area (Å²) in [5, 5.41) is 2.14. The summed E-state index contributed by atoms with van der Waals surface area (Å²) in [4.78, 5) is 1.45. The van der Waals surface area contributed by atoms with E-state index in [9.17, 15) is 0 Å². The molecule has 1 saturated carbocycles. The predicted molar refractivity (Wildman–Crippen MR) is 67.1 cm³/mol. The van der Waals surface area contributed by atoms with Crippen LogP contribution in [0.25, 0.3) is 0 Å². The van der Waals surface area contributed by atoms with Crippen LogP contribution in [0.5, 0.6) is 0 Å². The Kier molecular flexibility index (Phi) is 3.81. The highest BCUT2D eigenvalue weighted by Gasteiger charge is 2.27. The monoisotopic (exact) mass is 223 g/mol. The number of hydrogen-bond acceptors (Lipinski definition) is 2. The van der Waals surface area contributed by atoms with Crippen LogP contribution in [0.4, 0.5) is 0 Å². The quantitative estimate of drug-likeness (QED) is 0.831. The summed E-state index contributed by atoms with van der Waals surface area (Å²) in [6.45, 7) is 2.30. The van der Waals surface area contributed by atoms with E-state index < -0.39 is 0 Å². The third-order valence-electron chi connectivity index (χ3n) is 3.78. The van der Waals surface area contributed by atoms with Crippen molar-refractivity contribution in [3.05, 3.63) is 22.4 Å². The van der Waals surface area contributed by atoms with Gasteiger partial charge in [-0.15, -0.1) is 11.3 Å². The van der Waals surface area contributed by atoms with E-state index in [0.717, 1.165) is 18.3 Å². The molecule has 0 amide bonds. The van der Waals surface area contributed by atoms with Gasteiger partial charge in [-0.2, -0.15) is 0 Å². The van der Waals surface area contributed by atoms with E-state index >= 15 is 0 Å². The lowest BCUT2D eigenvalue weighted by Gasteiger charge is -2.18. The Balaban J connectivity index is 1.84. The molecule has 3 unspecified atom stereocenters. The fraction of sp³-hybridized carbons (Fsp3) is 0.692. The first-order valence-electron chi connectivity index (χ1n) is 6.07. The second kappa shape index (κ2) is 5.13. The Morgan fingerprint density at radius 2 is 2.40 bits per heavy atom. The molecule has 84 valence electrons. The predicted octanol–water partition coefficient (Wildman–Crippen LogP) is 3.44. The van der Waals surface area contributed by atoms with E-state index in [1.807, 2.05) is 11.3 Å². The lowest BCUT2D eigenvalue weighted by Crippen LogP contribution is -2.30. The van der Waals surface area contributed by atoms with Gasteiger partial charge in [-0.1, -0.05) is 25.8 Å². The molecule has 1 aliphatic carbocycles. The van der Waals surface area contributed by atoms with Gasteiger partial charge in [-0.05, 0) is 42.5 Å². The van der Waals surface area contributed by atoms with Gasteiger partial charge in [-0.3, -0.25) is 0 Å². The van der Waals surface area contributed by atoms with Crippen molar-refractivity contribution in [2.75, 3.05) is 0 Å². The number of thiophene rings is 1. The average Bonchev–Trinajstić information content (AvgIpc) is 2.86. The molecule has 2 N–H and O–H groups in total. The molecule has 0 radical (unpaired) electrons. The summed E-state index contributed by atoms with van der Waals surface area (Å²) in [7, 11) is 0. The van der Waals surface area contributed by atoms with E-state index in [1.165, 1.54) is 30.6 Å². The molecule has 0 aliphatic heterocycles. The molecule has 15 heavy (non-hydrogen) atoms. The molecule has 1 aliphatic rings. The third kappa shape index (κ3) is 2.82. The molecular formula is C13H21NS. The van der Waals surface area contributed by atoms with Gasteiger partial charge in [0.05, 0.1) is 0 Å². The molecular weight excluding hydrogens is 202 g/mol. The standard InChI is InChI=1S/C13H21NS/c1-2-10-5-6-11(8-10)13(14)9-12-4-3-7-15-12/h3-4,7,10-11,13H,2,5-6,8-9,14H2,1H3. The largest absolute Gasteiger partial charge is 0.327 e. The molecule has 1 aromatic rings. The van der Waals surface area contributed by atoms with E-state index in [2.05, 4.69) is 24.4 Å². The summed E-state index contributed by atoms with van der Waals surface area (Å²) >= 11 is 1.84. The summed E-state index contributed by atoms with van der Waals surface area (Å²) < 4.78 is 0. The van der Waals surface area contributed by atoms with Crippen LogP contribution in [-0.4, -0.2) is 6.04 Å². The zero-order valence-electron chi connectivity index (χ0n) is 9.49. The first-order valence-corrected chi connectivity index (χ1v) is 6.95. The van der Waals surface area contributed by atoms with Gasteiger partial charge in [0.25, 0.3) is 0 Å². The molecule has 3 atom stereocenters. The molecule has 2 rings (SSSR count). The van der Waals surface area contributed by atoms with Crippen molar-refractivity contribution in [1.29, 1.82) is 0 Å². The zero-order chi connectivity index (χ0) is 10.7. The minimum atomic E-state index is 0.389. The molecule has 1 nitrogen and oxygen atoms in total. The highest BCUT2D eigenvalue weighted by molar-refractivity contribution is 7.09.